The number of amides is 1. The summed E-state index contributed by atoms with van der Waals surface area (Å²) in [4.78, 5) is 38.2. The number of hydrazone groups is 1. The Balaban J connectivity index is 1.27. The number of hydrogen-bond acceptors (Lipinski definition) is 7. The molecule has 0 aliphatic heterocycles. The quantitative estimate of drug-likeness (QED) is 0.0691. The van der Waals surface area contributed by atoms with E-state index in [1.54, 1.807) is 60.7 Å². The van der Waals surface area contributed by atoms with Crippen LogP contribution in [0.5, 0.6) is 17.2 Å². The fourth-order valence-corrected chi connectivity index (χ4v) is 4.32. The van der Waals surface area contributed by atoms with Crippen LogP contribution in [0.1, 0.15) is 42.2 Å². The van der Waals surface area contributed by atoms with Crippen molar-refractivity contribution in [1.82, 2.24) is 5.43 Å². The molecule has 0 unspecified atom stereocenters. The van der Waals surface area contributed by atoms with Crippen molar-refractivity contribution in [1.29, 1.82) is 0 Å². The second kappa shape index (κ2) is 15.2. The smallest absolute Gasteiger partial charge is 0.343 e. The minimum Gasteiger partial charge on any atom is -0.489 e. The lowest BCUT2D eigenvalue weighted by molar-refractivity contribution is 0.0732. The van der Waals surface area contributed by atoms with Gasteiger partial charge in [-0.15, -0.1) is 0 Å². The minimum atomic E-state index is -0.685. The number of nitrogens with one attached hydrogen (secondary N) is 1. The van der Waals surface area contributed by atoms with Gasteiger partial charge in [-0.25, -0.2) is 15.0 Å². The molecule has 0 heterocycles. The summed E-state index contributed by atoms with van der Waals surface area (Å²) < 4.78 is 16.9. The zero-order chi connectivity index (χ0) is 32.5. The highest BCUT2D eigenvalue weighted by Gasteiger charge is 2.15. The molecule has 0 aromatic heterocycles. The molecule has 1 amide bonds. The molecule has 0 bridgehead atoms. The lowest BCUT2D eigenvalue weighted by Crippen LogP contribution is -2.17. The van der Waals surface area contributed by atoms with Crippen LogP contribution >= 0.6 is 34.8 Å². The molecular formula is C35H23Cl3N2O6. The molecule has 5 aromatic carbocycles. The number of esters is 2. The fourth-order valence-electron chi connectivity index (χ4n) is 3.94. The van der Waals surface area contributed by atoms with Gasteiger partial charge in [0.25, 0.3) is 5.91 Å². The van der Waals surface area contributed by atoms with E-state index in [9.17, 15) is 14.4 Å². The standard InChI is InChI=1S/C35H23Cl3N2O6/c36-27-10-1-22(2-11-27)21-44-30-16-7-23(8-17-30)33(41)40-39-20-26-9-18-31(45-34(42)24-3-12-28(37)13-4-24)19-32(26)46-35(43)25-5-14-29(38)15-6-25/h1-20H,21H2,(H,40,41)/b39-20-. The molecular weight excluding hydrogens is 651 g/mol. The third-order valence-corrected chi connectivity index (χ3v) is 7.12. The first-order valence-electron chi connectivity index (χ1n) is 13.6. The SMILES string of the molecule is O=C(N/N=C\c1ccc(OC(=O)c2ccc(Cl)cc2)cc1OC(=O)c1ccc(Cl)cc1)c1ccc(OCc2ccc(Cl)cc2)cc1. The Morgan fingerprint density at radius 2 is 1.11 bits per heavy atom. The van der Waals surface area contributed by atoms with Crippen molar-refractivity contribution in [3.63, 3.8) is 0 Å². The van der Waals surface area contributed by atoms with Crippen LogP contribution in [0.3, 0.4) is 0 Å². The van der Waals surface area contributed by atoms with Crippen LogP contribution in [0.25, 0.3) is 0 Å². The lowest BCUT2D eigenvalue weighted by atomic mass is 10.2. The maximum absolute atomic E-state index is 12.9. The number of rotatable bonds is 10. The first-order valence-corrected chi connectivity index (χ1v) is 14.8. The van der Waals surface area contributed by atoms with Crippen molar-refractivity contribution in [2.24, 2.45) is 5.10 Å². The van der Waals surface area contributed by atoms with Gasteiger partial charge in [-0.1, -0.05) is 46.9 Å². The number of hydrogen-bond donors (Lipinski definition) is 1. The highest BCUT2D eigenvalue weighted by Crippen LogP contribution is 2.26. The summed E-state index contributed by atoms with van der Waals surface area (Å²) in [6, 6.07) is 30.6. The first-order chi connectivity index (χ1) is 22.2. The van der Waals surface area contributed by atoms with Crippen LogP contribution in [0, 0.1) is 0 Å². The van der Waals surface area contributed by atoms with Gasteiger partial charge in [0.15, 0.2) is 0 Å². The van der Waals surface area contributed by atoms with E-state index in [0.29, 0.717) is 38.6 Å². The molecule has 0 saturated heterocycles. The van der Waals surface area contributed by atoms with Crippen LogP contribution < -0.4 is 19.6 Å². The maximum atomic E-state index is 12.9. The van der Waals surface area contributed by atoms with Crippen LogP contribution in [-0.2, 0) is 6.61 Å². The summed E-state index contributed by atoms with van der Waals surface area (Å²) in [6.07, 6.45) is 1.30. The second-order valence-corrected chi connectivity index (χ2v) is 10.9. The maximum Gasteiger partial charge on any atom is 0.343 e. The monoisotopic (exact) mass is 672 g/mol. The number of ether oxygens (including phenoxy) is 3. The highest BCUT2D eigenvalue weighted by atomic mass is 35.5. The van der Waals surface area contributed by atoms with E-state index < -0.39 is 17.8 Å². The van der Waals surface area contributed by atoms with E-state index in [-0.39, 0.29) is 22.6 Å². The summed E-state index contributed by atoms with van der Waals surface area (Å²) in [6.45, 7) is 0.344. The van der Waals surface area contributed by atoms with Gasteiger partial charge >= 0.3 is 11.9 Å². The summed E-state index contributed by atoms with van der Waals surface area (Å²) in [5.74, 6) is -1.08. The predicted octanol–water partition coefficient (Wildman–Crippen LogP) is 8.43. The molecule has 5 aromatic rings. The summed E-state index contributed by atoms with van der Waals surface area (Å²) >= 11 is 17.8. The third-order valence-electron chi connectivity index (χ3n) is 6.36. The van der Waals surface area contributed by atoms with Gasteiger partial charge in [0, 0.05) is 32.3 Å². The molecule has 8 nitrogen and oxygen atoms in total. The molecule has 1 N–H and O–H groups in total. The molecule has 46 heavy (non-hydrogen) atoms. The molecule has 0 radical (unpaired) electrons. The van der Waals surface area contributed by atoms with Crippen LogP contribution in [0.15, 0.2) is 120 Å². The van der Waals surface area contributed by atoms with E-state index in [2.05, 4.69) is 10.5 Å². The summed E-state index contributed by atoms with van der Waals surface area (Å²) in [7, 11) is 0. The summed E-state index contributed by atoms with van der Waals surface area (Å²) in [5.41, 5.74) is 4.58. The van der Waals surface area contributed by atoms with Gasteiger partial charge in [0.05, 0.1) is 17.3 Å². The van der Waals surface area contributed by atoms with E-state index in [4.69, 9.17) is 49.0 Å². The Hall–Kier alpha value is -5.15. The van der Waals surface area contributed by atoms with Crippen molar-refractivity contribution in [2.45, 2.75) is 6.61 Å². The van der Waals surface area contributed by atoms with E-state index >= 15 is 0 Å². The van der Waals surface area contributed by atoms with Crippen LogP contribution in [0.4, 0.5) is 0 Å². The van der Waals surface area contributed by atoms with Crippen molar-refractivity contribution in [2.75, 3.05) is 0 Å². The first kappa shape index (κ1) is 32.2. The molecule has 11 heteroatoms. The molecule has 0 aliphatic carbocycles. The van der Waals surface area contributed by atoms with Crippen LogP contribution in [0.2, 0.25) is 15.1 Å². The molecule has 0 atom stereocenters. The Morgan fingerprint density at radius 3 is 1.70 bits per heavy atom. The van der Waals surface area contributed by atoms with Crippen molar-refractivity contribution < 1.29 is 28.6 Å². The number of carbonyl (C=O) groups is 3. The van der Waals surface area contributed by atoms with Gasteiger partial charge in [0.1, 0.15) is 23.9 Å². The van der Waals surface area contributed by atoms with Gasteiger partial charge in [-0.2, -0.15) is 5.10 Å². The zero-order valence-corrected chi connectivity index (χ0v) is 26.1. The molecule has 0 fully saturated rings. The number of benzene rings is 5. The number of halogens is 3. The molecule has 0 saturated carbocycles. The number of nitrogens with zero attached hydrogens (tertiary/aromatic N) is 1. The summed E-state index contributed by atoms with van der Waals surface area (Å²) in [5, 5.41) is 5.60. The average molecular weight is 674 g/mol. The van der Waals surface area contributed by atoms with Crippen LogP contribution in [-0.4, -0.2) is 24.1 Å². The van der Waals surface area contributed by atoms with E-state index in [0.717, 1.165) is 5.56 Å². The Labute approximate surface area is 279 Å². The predicted molar refractivity (Wildman–Crippen MR) is 177 cm³/mol. The molecule has 230 valence electrons. The van der Waals surface area contributed by atoms with Gasteiger partial charge in [0.2, 0.25) is 0 Å². The number of carbonyl (C=O) groups excluding carboxylic acids is 3. The van der Waals surface area contributed by atoms with Crippen molar-refractivity contribution >= 4 is 58.9 Å². The van der Waals surface area contributed by atoms with Gasteiger partial charge in [-0.05, 0) is 103 Å². The van der Waals surface area contributed by atoms with Gasteiger partial charge < -0.3 is 14.2 Å². The normalized spacial score (nSPS) is 10.8. The zero-order valence-electron chi connectivity index (χ0n) is 23.8. The minimum absolute atomic E-state index is 0.0292. The highest BCUT2D eigenvalue weighted by molar-refractivity contribution is 6.31. The lowest BCUT2D eigenvalue weighted by Gasteiger charge is -2.11. The largest absolute Gasteiger partial charge is 0.489 e. The molecule has 0 spiro atoms. The Bertz CT molecular complexity index is 1880. The third kappa shape index (κ3) is 8.95. The molecule has 0 aliphatic rings. The Morgan fingerprint density at radius 1 is 0.609 bits per heavy atom. The van der Waals surface area contributed by atoms with Gasteiger partial charge in [-0.3, -0.25) is 4.79 Å². The molecule has 5 rings (SSSR count). The average Bonchev–Trinajstić information content (AvgIpc) is 3.06. The van der Waals surface area contributed by atoms with Crippen molar-refractivity contribution in [3.8, 4) is 17.2 Å². The topological polar surface area (TPSA) is 103 Å². The fraction of sp³-hybridized carbons (Fsp3) is 0.0286. The van der Waals surface area contributed by atoms with E-state index in [1.165, 1.54) is 48.7 Å². The van der Waals surface area contributed by atoms with E-state index in [1.807, 2.05) is 12.1 Å². The second-order valence-electron chi connectivity index (χ2n) is 9.63. The van der Waals surface area contributed by atoms with Crippen molar-refractivity contribution in [3.05, 3.63) is 158 Å². The Kier molecular flexibility index (Phi) is 10.7.